The van der Waals surface area contributed by atoms with Crippen molar-refractivity contribution in [3.63, 3.8) is 0 Å². The molecule has 0 rings (SSSR count). The molecule has 0 spiro atoms. The predicted octanol–water partition coefficient (Wildman–Crippen LogP) is 5.31. The van der Waals surface area contributed by atoms with Gasteiger partial charge in [0.2, 0.25) is 0 Å². The molecule has 0 bridgehead atoms. The van der Waals surface area contributed by atoms with Gasteiger partial charge in [-0.05, 0) is 39.5 Å². The molecule has 0 aromatic rings. The van der Waals surface area contributed by atoms with Crippen LogP contribution in [0.2, 0.25) is 0 Å². The number of rotatable bonds is 21. The summed E-state index contributed by atoms with van der Waals surface area (Å²) in [5, 5.41) is 8.74. The fourth-order valence-corrected chi connectivity index (χ4v) is 2.94. The van der Waals surface area contributed by atoms with Crippen LogP contribution < -0.4 is 0 Å². The van der Waals surface area contributed by atoms with Crippen LogP contribution in [0, 0.1) is 0 Å². The Morgan fingerprint density at radius 3 is 2.00 bits per heavy atom. The molecule has 28 heavy (non-hydrogen) atoms. The van der Waals surface area contributed by atoms with Crippen LogP contribution in [0.4, 0.5) is 0 Å². The molecule has 0 heterocycles. The lowest BCUT2D eigenvalue weighted by Crippen LogP contribution is -2.22. The first-order chi connectivity index (χ1) is 13.6. The summed E-state index contributed by atoms with van der Waals surface area (Å²) >= 11 is 0. The fraction of sp³-hybridized carbons (Fsp3) is 0.955. The molecule has 0 aliphatic rings. The second-order valence-corrected chi connectivity index (χ2v) is 7.61. The average Bonchev–Trinajstić information content (AvgIpc) is 2.67. The van der Waals surface area contributed by atoms with Gasteiger partial charge in [-0.3, -0.25) is 4.79 Å². The summed E-state index contributed by atoms with van der Waals surface area (Å²) in [5.74, 6) is -0.127. The van der Waals surface area contributed by atoms with Gasteiger partial charge in [0.25, 0.3) is 0 Å². The molecule has 0 aromatic heterocycles. The van der Waals surface area contributed by atoms with Crippen molar-refractivity contribution in [2.45, 2.75) is 116 Å². The third-order valence-corrected chi connectivity index (χ3v) is 4.53. The lowest BCUT2D eigenvalue weighted by molar-refractivity contribution is -0.385. The number of carbonyl (C=O) groups excluding carboxylic acids is 1. The zero-order valence-electron chi connectivity index (χ0n) is 18.5. The van der Waals surface area contributed by atoms with E-state index >= 15 is 0 Å². The van der Waals surface area contributed by atoms with Gasteiger partial charge in [-0.2, -0.15) is 0 Å². The third kappa shape index (κ3) is 20.1. The number of carbonyl (C=O) groups is 1. The molecular formula is C22H44O6. The van der Waals surface area contributed by atoms with Gasteiger partial charge < -0.3 is 14.6 Å². The Hall–Kier alpha value is -0.690. The van der Waals surface area contributed by atoms with Gasteiger partial charge in [0, 0.05) is 19.4 Å². The molecule has 0 fully saturated rings. The van der Waals surface area contributed by atoms with Gasteiger partial charge in [-0.1, -0.05) is 51.4 Å². The zero-order chi connectivity index (χ0) is 20.9. The second kappa shape index (κ2) is 21.0. The van der Waals surface area contributed by atoms with Crippen molar-refractivity contribution in [2.24, 2.45) is 0 Å². The van der Waals surface area contributed by atoms with Crippen LogP contribution in [0.3, 0.4) is 0 Å². The van der Waals surface area contributed by atoms with Crippen molar-refractivity contribution in [2.75, 3.05) is 20.3 Å². The number of esters is 1. The van der Waals surface area contributed by atoms with Crippen LogP contribution in [-0.2, 0) is 24.0 Å². The highest BCUT2D eigenvalue weighted by Crippen LogP contribution is 2.14. The Morgan fingerprint density at radius 1 is 0.821 bits per heavy atom. The van der Waals surface area contributed by atoms with Crippen molar-refractivity contribution in [3.05, 3.63) is 0 Å². The normalized spacial score (nSPS) is 12.5. The van der Waals surface area contributed by atoms with E-state index in [0.717, 1.165) is 64.2 Å². The summed E-state index contributed by atoms with van der Waals surface area (Å²) in [6, 6.07) is 0. The summed E-state index contributed by atoms with van der Waals surface area (Å²) in [6.45, 7) is 4.91. The third-order valence-electron chi connectivity index (χ3n) is 4.53. The monoisotopic (exact) mass is 404 g/mol. The summed E-state index contributed by atoms with van der Waals surface area (Å²) < 4.78 is 10.4. The lowest BCUT2D eigenvalue weighted by atomic mass is 10.1. The zero-order valence-corrected chi connectivity index (χ0v) is 18.5. The van der Waals surface area contributed by atoms with E-state index < -0.39 is 0 Å². The minimum absolute atomic E-state index is 0.104. The molecule has 1 unspecified atom stereocenters. The molecule has 1 N–H and O–H groups in total. The largest absolute Gasteiger partial charge is 0.469 e. The minimum atomic E-state index is -0.312. The predicted molar refractivity (Wildman–Crippen MR) is 111 cm³/mol. The highest BCUT2D eigenvalue weighted by Gasteiger charge is 2.12. The minimum Gasteiger partial charge on any atom is -0.469 e. The molecule has 0 aromatic carbocycles. The number of ether oxygens (including phenoxy) is 2. The Labute approximate surface area is 172 Å². The SMILES string of the molecule is COC(=O)CCCCCCCC(OOCCCCCCCCCO)OC(C)C. The van der Waals surface area contributed by atoms with Gasteiger partial charge in [0.05, 0.1) is 19.8 Å². The maximum Gasteiger partial charge on any atom is 0.305 e. The Kier molecular flexibility index (Phi) is 20.5. The van der Waals surface area contributed by atoms with Crippen LogP contribution in [0.15, 0.2) is 0 Å². The number of hydrogen-bond acceptors (Lipinski definition) is 6. The highest BCUT2D eigenvalue weighted by atomic mass is 17.2. The van der Waals surface area contributed by atoms with Gasteiger partial charge in [0.15, 0.2) is 6.29 Å². The van der Waals surface area contributed by atoms with Crippen molar-refractivity contribution >= 4 is 5.97 Å². The Balaban J connectivity index is 3.61. The first-order valence-corrected chi connectivity index (χ1v) is 11.2. The van der Waals surface area contributed by atoms with Crippen molar-refractivity contribution in [1.29, 1.82) is 0 Å². The molecule has 0 amide bonds. The lowest BCUT2D eigenvalue weighted by Gasteiger charge is -2.19. The first-order valence-electron chi connectivity index (χ1n) is 11.2. The first kappa shape index (κ1) is 27.3. The van der Waals surface area contributed by atoms with E-state index in [1.54, 1.807) is 0 Å². The standard InChI is InChI=1S/C22H44O6/c1-20(2)27-22(17-13-9-7-8-12-16-21(24)25-3)28-26-19-15-11-6-4-5-10-14-18-23/h20,22-23H,4-19H2,1-3H3. The summed E-state index contributed by atoms with van der Waals surface area (Å²) in [5.41, 5.74) is 0. The maximum absolute atomic E-state index is 11.1. The van der Waals surface area contributed by atoms with Crippen molar-refractivity contribution in [1.82, 2.24) is 0 Å². The molecular weight excluding hydrogens is 360 g/mol. The van der Waals surface area contributed by atoms with Crippen molar-refractivity contribution < 1.29 is 29.1 Å². The topological polar surface area (TPSA) is 74.2 Å². The van der Waals surface area contributed by atoms with E-state index in [1.165, 1.54) is 26.4 Å². The summed E-state index contributed by atoms with van der Waals surface area (Å²) in [4.78, 5) is 21.9. The van der Waals surface area contributed by atoms with Crippen molar-refractivity contribution in [3.8, 4) is 0 Å². The fourth-order valence-electron chi connectivity index (χ4n) is 2.94. The molecule has 0 saturated heterocycles. The molecule has 6 heteroatoms. The van der Waals surface area contributed by atoms with Crippen LogP contribution >= 0.6 is 0 Å². The van der Waals surface area contributed by atoms with E-state index in [0.29, 0.717) is 19.6 Å². The second-order valence-electron chi connectivity index (χ2n) is 7.61. The maximum atomic E-state index is 11.1. The molecule has 168 valence electrons. The molecule has 1 atom stereocenters. The van der Waals surface area contributed by atoms with E-state index in [4.69, 9.17) is 19.6 Å². The van der Waals surface area contributed by atoms with Gasteiger partial charge >= 0.3 is 5.97 Å². The van der Waals surface area contributed by atoms with Gasteiger partial charge in [-0.15, -0.1) is 0 Å². The molecule has 0 aliphatic heterocycles. The Morgan fingerprint density at radius 2 is 1.39 bits per heavy atom. The van der Waals surface area contributed by atoms with Crippen LogP contribution in [0.25, 0.3) is 0 Å². The number of hydrogen-bond donors (Lipinski definition) is 1. The Bertz CT molecular complexity index is 335. The smallest absolute Gasteiger partial charge is 0.305 e. The number of methoxy groups -OCH3 is 1. The van der Waals surface area contributed by atoms with E-state index in [-0.39, 0.29) is 18.4 Å². The number of aliphatic hydroxyl groups is 1. The van der Waals surface area contributed by atoms with E-state index in [1.807, 2.05) is 13.8 Å². The van der Waals surface area contributed by atoms with Crippen LogP contribution in [0.1, 0.15) is 104 Å². The molecule has 0 saturated carbocycles. The summed E-state index contributed by atoms with van der Waals surface area (Å²) in [6.07, 6.45) is 14.1. The highest BCUT2D eigenvalue weighted by molar-refractivity contribution is 5.68. The molecule has 6 nitrogen and oxygen atoms in total. The summed E-state index contributed by atoms with van der Waals surface area (Å²) in [7, 11) is 1.43. The van der Waals surface area contributed by atoms with Gasteiger partial charge in [-0.25, -0.2) is 9.78 Å². The van der Waals surface area contributed by atoms with E-state index in [2.05, 4.69) is 4.74 Å². The number of unbranched alkanes of at least 4 members (excludes halogenated alkanes) is 10. The van der Waals surface area contributed by atoms with Crippen LogP contribution in [0.5, 0.6) is 0 Å². The average molecular weight is 405 g/mol. The van der Waals surface area contributed by atoms with Crippen LogP contribution in [-0.4, -0.2) is 43.8 Å². The quantitative estimate of drug-likeness (QED) is 0.0918. The molecule has 0 aliphatic carbocycles. The van der Waals surface area contributed by atoms with Gasteiger partial charge in [0.1, 0.15) is 0 Å². The molecule has 0 radical (unpaired) electrons. The number of aliphatic hydroxyl groups excluding tert-OH is 1. The van der Waals surface area contributed by atoms with E-state index in [9.17, 15) is 4.79 Å².